The molecular weight excluding hydrogens is 133 g/mol. The standard InChI is InChI=1S/C4H10NOP.C2H6/c1-4(6)3-5(2)7;1-2/h3,7H2,1-2H3;1-2H3. The second-order valence-electron chi connectivity index (χ2n) is 1.62. The molecule has 1 unspecified atom stereocenters. The SMILES string of the molecule is CC.CC(=O)CN(C)P. The molecule has 0 fully saturated rings. The Labute approximate surface area is 59.9 Å². The van der Waals surface area contributed by atoms with Crippen LogP contribution in [0.4, 0.5) is 0 Å². The van der Waals surface area contributed by atoms with Crippen LogP contribution < -0.4 is 0 Å². The van der Waals surface area contributed by atoms with E-state index in [0.717, 1.165) is 0 Å². The van der Waals surface area contributed by atoms with Gasteiger partial charge in [0.1, 0.15) is 5.78 Å². The molecule has 0 N–H and O–H groups in total. The van der Waals surface area contributed by atoms with E-state index >= 15 is 0 Å². The third-order valence-electron chi connectivity index (χ3n) is 0.472. The van der Waals surface area contributed by atoms with E-state index in [1.807, 2.05) is 20.9 Å². The largest absolute Gasteiger partial charge is 0.299 e. The molecule has 0 aromatic rings. The Morgan fingerprint density at radius 3 is 1.89 bits per heavy atom. The lowest BCUT2D eigenvalue weighted by molar-refractivity contribution is -0.116. The van der Waals surface area contributed by atoms with Crippen molar-refractivity contribution in [2.75, 3.05) is 13.6 Å². The minimum atomic E-state index is 0.192. The highest BCUT2D eigenvalue weighted by Gasteiger charge is 1.91. The fourth-order valence-corrected chi connectivity index (χ4v) is 0.608. The first-order valence-corrected chi connectivity index (χ1v) is 3.60. The van der Waals surface area contributed by atoms with Crippen molar-refractivity contribution in [2.45, 2.75) is 20.8 Å². The number of hydrogen-bond donors (Lipinski definition) is 0. The van der Waals surface area contributed by atoms with Gasteiger partial charge in [0.25, 0.3) is 0 Å². The predicted octanol–water partition coefficient (Wildman–Crippen LogP) is 1.32. The summed E-state index contributed by atoms with van der Waals surface area (Å²) in [4.78, 5) is 10.2. The molecule has 0 aromatic carbocycles. The number of carbonyl (C=O) groups excluding carboxylic acids is 1. The van der Waals surface area contributed by atoms with Crippen molar-refractivity contribution in [3.05, 3.63) is 0 Å². The number of likely N-dealkylation sites (N-methyl/N-ethyl adjacent to an activating group) is 1. The van der Waals surface area contributed by atoms with Crippen LogP contribution in [0.2, 0.25) is 0 Å². The van der Waals surface area contributed by atoms with Crippen LogP contribution in [0.1, 0.15) is 20.8 Å². The quantitative estimate of drug-likeness (QED) is 0.552. The maximum atomic E-state index is 10.2. The molecule has 0 aliphatic carbocycles. The van der Waals surface area contributed by atoms with Crippen LogP contribution >= 0.6 is 9.39 Å². The molecule has 0 radical (unpaired) electrons. The van der Waals surface area contributed by atoms with E-state index in [1.54, 1.807) is 11.6 Å². The van der Waals surface area contributed by atoms with Gasteiger partial charge in [0, 0.05) is 0 Å². The Morgan fingerprint density at radius 1 is 1.56 bits per heavy atom. The fraction of sp³-hybridized carbons (Fsp3) is 0.833. The van der Waals surface area contributed by atoms with Crippen LogP contribution in [-0.2, 0) is 4.79 Å². The van der Waals surface area contributed by atoms with Crippen LogP contribution in [0.5, 0.6) is 0 Å². The highest BCUT2D eigenvalue weighted by Crippen LogP contribution is 1.89. The molecule has 2 nitrogen and oxygen atoms in total. The summed E-state index contributed by atoms with van der Waals surface area (Å²) in [7, 11) is 4.25. The van der Waals surface area contributed by atoms with Crippen LogP contribution in [0.15, 0.2) is 0 Å². The molecule has 0 saturated heterocycles. The molecule has 0 amide bonds. The zero-order valence-electron chi connectivity index (χ0n) is 6.64. The number of nitrogens with zero attached hydrogens (tertiary/aromatic N) is 1. The molecule has 3 heteroatoms. The summed E-state index contributed by atoms with van der Waals surface area (Å²) < 4.78 is 1.77. The second-order valence-corrected chi connectivity index (χ2v) is 2.50. The second kappa shape index (κ2) is 8.06. The van der Waals surface area contributed by atoms with Crippen molar-refractivity contribution in [3.8, 4) is 0 Å². The third kappa shape index (κ3) is 18.0. The van der Waals surface area contributed by atoms with Crippen LogP contribution in [0.3, 0.4) is 0 Å². The van der Waals surface area contributed by atoms with Gasteiger partial charge in [-0.1, -0.05) is 23.2 Å². The maximum absolute atomic E-state index is 10.2. The molecule has 0 heterocycles. The Bertz CT molecular complexity index is 73.5. The maximum Gasteiger partial charge on any atom is 0.144 e. The molecule has 0 saturated carbocycles. The van der Waals surface area contributed by atoms with Gasteiger partial charge in [0.15, 0.2) is 0 Å². The van der Waals surface area contributed by atoms with Crippen molar-refractivity contribution in [1.29, 1.82) is 0 Å². The lowest BCUT2D eigenvalue weighted by Crippen LogP contribution is -2.12. The van der Waals surface area contributed by atoms with Gasteiger partial charge < -0.3 is 0 Å². The smallest absolute Gasteiger partial charge is 0.144 e. The summed E-state index contributed by atoms with van der Waals surface area (Å²) in [6.07, 6.45) is 0. The molecule has 0 spiro atoms. The minimum absolute atomic E-state index is 0.192. The molecule has 0 rings (SSSR count). The highest BCUT2D eigenvalue weighted by molar-refractivity contribution is 7.13. The number of hydrogen-bond acceptors (Lipinski definition) is 2. The van der Waals surface area contributed by atoms with Gasteiger partial charge in [0.2, 0.25) is 0 Å². The van der Waals surface area contributed by atoms with Gasteiger partial charge in [-0.2, -0.15) is 0 Å². The number of Topliss-reactive ketones (excluding diaryl/α,β-unsaturated/α-hetero) is 1. The number of rotatable bonds is 2. The van der Waals surface area contributed by atoms with E-state index in [1.165, 1.54) is 0 Å². The molecule has 0 aromatic heterocycles. The van der Waals surface area contributed by atoms with E-state index in [0.29, 0.717) is 6.54 Å². The summed E-state index contributed by atoms with van der Waals surface area (Å²) in [5.74, 6) is 0.192. The van der Waals surface area contributed by atoms with Gasteiger partial charge in [-0.05, 0) is 14.0 Å². The Kier molecular flexibility index (Phi) is 10.6. The van der Waals surface area contributed by atoms with Gasteiger partial charge in [-0.15, -0.1) is 0 Å². The van der Waals surface area contributed by atoms with E-state index in [9.17, 15) is 4.79 Å². The topological polar surface area (TPSA) is 20.3 Å². The normalized spacial score (nSPS) is 8.22. The average Bonchev–Trinajstić information content (AvgIpc) is 1.68. The monoisotopic (exact) mass is 149 g/mol. The number of ketones is 1. The van der Waals surface area contributed by atoms with Gasteiger partial charge in [0.05, 0.1) is 6.54 Å². The van der Waals surface area contributed by atoms with Gasteiger partial charge >= 0.3 is 0 Å². The van der Waals surface area contributed by atoms with Crippen molar-refractivity contribution < 1.29 is 4.79 Å². The van der Waals surface area contributed by atoms with Crippen molar-refractivity contribution in [3.63, 3.8) is 0 Å². The Hall–Kier alpha value is 0.0600. The van der Waals surface area contributed by atoms with Crippen molar-refractivity contribution in [2.24, 2.45) is 0 Å². The average molecular weight is 149 g/mol. The van der Waals surface area contributed by atoms with Crippen molar-refractivity contribution in [1.82, 2.24) is 4.67 Å². The molecule has 0 aliphatic rings. The van der Waals surface area contributed by atoms with Crippen LogP contribution in [0.25, 0.3) is 0 Å². The first kappa shape index (κ1) is 11.8. The van der Waals surface area contributed by atoms with E-state index in [2.05, 4.69) is 9.39 Å². The Balaban J connectivity index is 0. The van der Waals surface area contributed by atoms with Gasteiger partial charge in [-0.25, -0.2) is 0 Å². The van der Waals surface area contributed by atoms with E-state index in [-0.39, 0.29) is 5.78 Å². The lowest BCUT2D eigenvalue weighted by atomic mass is 10.5. The van der Waals surface area contributed by atoms with Crippen LogP contribution in [-0.4, -0.2) is 24.0 Å². The van der Waals surface area contributed by atoms with Gasteiger partial charge in [-0.3, -0.25) is 9.46 Å². The first-order valence-electron chi connectivity index (χ1n) is 3.08. The van der Waals surface area contributed by atoms with E-state index < -0.39 is 0 Å². The zero-order valence-corrected chi connectivity index (χ0v) is 7.79. The third-order valence-corrected chi connectivity index (χ3v) is 0.655. The predicted molar refractivity (Wildman–Crippen MR) is 44.4 cm³/mol. The molecule has 9 heavy (non-hydrogen) atoms. The van der Waals surface area contributed by atoms with Crippen LogP contribution in [0, 0.1) is 0 Å². The lowest BCUT2D eigenvalue weighted by Gasteiger charge is -2.02. The Morgan fingerprint density at radius 2 is 1.89 bits per heavy atom. The zero-order chi connectivity index (χ0) is 7.86. The molecule has 1 atom stereocenters. The molecule has 0 bridgehead atoms. The minimum Gasteiger partial charge on any atom is -0.299 e. The first-order chi connectivity index (χ1) is 4.13. The molecule has 0 aliphatic heterocycles. The number of carbonyl (C=O) groups is 1. The summed E-state index contributed by atoms with van der Waals surface area (Å²) in [5.41, 5.74) is 0. The van der Waals surface area contributed by atoms with Crippen molar-refractivity contribution >= 4 is 15.2 Å². The molecule has 56 valence electrons. The molecular formula is C6H16NOP. The summed E-state index contributed by atoms with van der Waals surface area (Å²) in [6.45, 7) is 6.09. The summed E-state index contributed by atoms with van der Waals surface area (Å²) in [5, 5.41) is 0. The summed E-state index contributed by atoms with van der Waals surface area (Å²) in [6, 6.07) is 0. The highest BCUT2D eigenvalue weighted by atomic mass is 31.0. The van der Waals surface area contributed by atoms with E-state index in [4.69, 9.17) is 0 Å². The fourth-order valence-electron chi connectivity index (χ4n) is 0.351. The summed E-state index contributed by atoms with van der Waals surface area (Å²) >= 11 is 0.